The highest BCUT2D eigenvalue weighted by atomic mass is 16.6. The van der Waals surface area contributed by atoms with Crippen LogP contribution in [0.2, 0.25) is 0 Å². The first-order valence-corrected chi connectivity index (χ1v) is 10.7. The number of rotatable bonds is 8. The Kier molecular flexibility index (Phi) is 6.68. The maximum atomic E-state index is 13.1. The van der Waals surface area contributed by atoms with E-state index >= 15 is 0 Å². The van der Waals surface area contributed by atoms with Crippen LogP contribution in [0.25, 0.3) is 5.76 Å². The zero-order valence-electron chi connectivity index (χ0n) is 18.5. The van der Waals surface area contributed by atoms with Crippen LogP contribution in [0, 0.1) is 10.1 Å². The molecule has 1 N–H and O–H groups in total. The summed E-state index contributed by atoms with van der Waals surface area (Å²) in [4.78, 5) is 42.4. The molecule has 0 aliphatic carbocycles. The zero-order valence-corrected chi connectivity index (χ0v) is 18.5. The molecule has 0 bridgehead atoms. The Balaban J connectivity index is 1.82. The van der Waals surface area contributed by atoms with E-state index in [4.69, 9.17) is 4.74 Å². The molecule has 0 spiro atoms. The van der Waals surface area contributed by atoms with Crippen LogP contribution in [-0.2, 0) is 16.1 Å². The fourth-order valence-corrected chi connectivity index (χ4v) is 3.91. The molecule has 1 fully saturated rings. The van der Waals surface area contributed by atoms with Crippen molar-refractivity contribution in [2.24, 2.45) is 0 Å². The van der Waals surface area contributed by atoms with E-state index in [0.717, 1.165) is 0 Å². The van der Waals surface area contributed by atoms with Gasteiger partial charge in [-0.25, -0.2) is 0 Å². The third kappa shape index (κ3) is 4.79. The summed E-state index contributed by atoms with van der Waals surface area (Å²) in [6, 6.07) is 14.4. The summed E-state index contributed by atoms with van der Waals surface area (Å²) in [5.41, 5.74) is 0.936. The number of non-ortho nitro benzene ring substituents is 1. The lowest BCUT2D eigenvalue weighted by Gasteiger charge is -2.25. The third-order valence-corrected chi connectivity index (χ3v) is 5.51. The number of aromatic nitrogens is 1. The number of benzene rings is 2. The van der Waals surface area contributed by atoms with E-state index in [2.05, 4.69) is 11.6 Å². The lowest BCUT2D eigenvalue weighted by atomic mass is 9.95. The number of amides is 1. The first-order chi connectivity index (χ1) is 16.9. The van der Waals surface area contributed by atoms with Gasteiger partial charge in [-0.05, 0) is 41.5 Å². The monoisotopic (exact) mass is 471 g/mol. The summed E-state index contributed by atoms with van der Waals surface area (Å²) in [7, 11) is 0. The molecule has 3 aromatic rings. The second kappa shape index (κ2) is 10.0. The summed E-state index contributed by atoms with van der Waals surface area (Å²) >= 11 is 0. The number of carbonyl (C=O) groups is 2. The predicted octanol–water partition coefficient (Wildman–Crippen LogP) is 4.18. The predicted molar refractivity (Wildman–Crippen MR) is 127 cm³/mol. The number of Topliss-reactive ketones (excluding diaryl/α,β-unsaturated/α-hetero) is 1. The number of hydrogen-bond acceptors (Lipinski definition) is 7. The molecule has 1 atom stereocenters. The summed E-state index contributed by atoms with van der Waals surface area (Å²) in [6.07, 6.45) is 4.74. The Morgan fingerprint density at radius 1 is 1.17 bits per heavy atom. The van der Waals surface area contributed by atoms with Gasteiger partial charge in [-0.3, -0.25) is 24.7 Å². The molecule has 1 aliphatic rings. The zero-order chi connectivity index (χ0) is 24.9. The number of nitro benzene ring substituents is 1. The molecule has 9 nitrogen and oxygen atoms in total. The summed E-state index contributed by atoms with van der Waals surface area (Å²) in [5, 5.41) is 22.5. The van der Waals surface area contributed by atoms with Crippen LogP contribution in [0.5, 0.6) is 5.75 Å². The largest absolute Gasteiger partial charge is 0.507 e. The van der Waals surface area contributed by atoms with E-state index in [1.54, 1.807) is 60.9 Å². The van der Waals surface area contributed by atoms with Crippen molar-refractivity contribution in [3.63, 3.8) is 0 Å². The van der Waals surface area contributed by atoms with Crippen molar-refractivity contribution in [3.8, 4) is 5.75 Å². The highest BCUT2D eigenvalue weighted by Crippen LogP contribution is 2.41. The molecule has 2 heterocycles. The van der Waals surface area contributed by atoms with Crippen molar-refractivity contribution < 1.29 is 24.4 Å². The molecule has 4 rings (SSSR count). The quantitative estimate of drug-likeness (QED) is 0.131. The van der Waals surface area contributed by atoms with Gasteiger partial charge < -0.3 is 14.7 Å². The number of carbonyl (C=O) groups excluding carboxylic acids is 2. The number of hydrogen-bond donors (Lipinski definition) is 1. The van der Waals surface area contributed by atoms with Gasteiger partial charge in [0.05, 0.1) is 16.5 Å². The average Bonchev–Trinajstić information content (AvgIpc) is 3.13. The Morgan fingerprint density at radius 3 is 2.60 bits per heavy atom. The average molecular weight is 471 g/mol. The van der Waals surface area contributed by atoms with Crippen molar-refractivity contribution in [2.45, 2.75) is 12.6 Å². The molecule has 35 heavy (non-hydrogen) atoms. The van der Waals surface area contributed by atoms with Gasteiger partial charge in [0.2, 0.25) is 0 Å². The molecule has 1 aliphatic heterocycles. The Morgan fingerprint density at radius 2 is 1.94 bits per heavy atom. The van der Waals surface area contributed by atoms with Gasteiger partial charge in [-0.1, -0.05) is 30.9 Å². The number of ether oxygens (including phenoxy) is 1. The first-order valence-electron chi connectivity index (χ1n) is 10.7. The Bertz CT molecular complexity index is 1320. The highest BCUT2D eigenvalue weighted by molar-refractivity contribution is 6.46. The normalized spacial score (nSPS) is 16.8. The van der Waals surface area contributed by atoms with E-state index in [9.17, 15) is 24.8 Å². The van der Waals surface area contributed by atoms with E-state index in [0.29, 0.717) is 29.0 Å². The topological polar surface area (TPSA) is 123 Å². The molecule has 1 aromatic heterocycles. The van der Waals surface area contributed by atoms with Gasteiger partial charge in [0, 0.05) is 36.6 Å². The van der Waals surface area contributed by atoms with Crippen LogP contribution >= 0.6 is 0 Å². The molecule has 2 aromatic carbocycles. The first kappa shape index (κ1) is 23.4. The second-order valence-corrected chi connectivity index (χ2v) is 7.76. The van der Waals surface area contributed by atoms with Crippen molar-refractivity contribution in [2.75, 3.05) is 6.61 Å². The van der Waals surface area contributed by atoms with Crippen LogP contribution in [0.15, 0.2) is 91.3 Å². The van der Waals surface area contributed by atoms with Gasteiger partial charge in [-0.15, -0.1) is 0 Å². The van der Waals surface area contributed by atoms with Gasteiger partial charge in [0.15, 0.2) is 0 Å². The van der Waals surface area contributed by atoms with Crippen LogP contribution in [-0.4, -0.2) is 38.2 Å². The number of aliphatic hydroxyl groups is 1. The molecule has 9 heteroatoms. The van der Waals surface area contributed by atoms with Gasteiger partial charge in [-0.2, -0.15) is 0 Å². The molecule has 0 radical (unpaired) electrons. The van der Waals surface area contributed by atoms with Crippen molar-refractivity contribution in [1.29, 1.82) is 0 Å². The minimum absolute atomic E-state index is 0.0247. The number of likely N-dealkylation sites (tertiary alicyclic amines) is 1. The SMILES string of the molecule is C=CCOc1ccc(/C(O)=C2\C(=O)C(=O)N(Cc3cccnc3)[C@@H]2c2cccc([N+](=O)[O-])c2)cc1. The molecule has 176 valence electrons. The number of nitrogens with zero attached hydrogens (tertiary/aromatic N) is 3. The lowest BCUT2D eigenvalue weighted by Crippen LogP contribution is -2.29. The van der Waals surface area contributed by atoms with Crippen LogP contribution in [0.3, 0.4) is 0 Å². The van der Waals surface area contributed by atoms with Gasteiger partial charge in [0.25, 0.3) is 17.4 Å². The number of aliphatic hydroxyl groups excluding tert-OH is 1. The molecule has 1 saturated heterocycles. The third-order valence-electron chi connectivity index (χ3n) is 5.51. The van der Waals surface area contributed by atoms with Crippen LogP contribution < -0.4 is 4.74 Å². The fourth-order valence-electron chi connectivity index (χ4n) is 3.91. The van der Waals surface area contributed by atoms with E-state index in [1.165, 1.54) is 23.1 Å². The van der Waals surface area contributed by atoms with Crippen molar-refractivity contribution in [3.05, 3.63) is 118 Å². The maximum Gasteiger partial charge on any atom is 0.295 e. The lowest BCUT2D eigenvalue weighted by molar-refractivity contribution is -0.384. The standard InChI is InChI=1S/C26H21N3O6/c1-2-13-35-21-10-8-18(9-11-21)24(30)22-23(19-6-3-7-20(14-19)29(33)34)28(26(32)25(22)31)16-17-5-4-12-27-15-17/h2-12,14-15,23,30H,1,13,16H2/b24-22+/t23-/m1/s1. The summed E-state index contributed by atoms with van der Waals surface area (Å²) in [6.45, 7) is 3.92. The van der Waals surface area contributed by atoms with E-state index in [1.807, 2.05) is 0 Å². The van der Waals surface area contributed by atoms with Crippen LogP contribution in [0.1, 0.15) is 22.7 Å². The fraction of sp³-hybridized carbons (Fsp3) is 0.115. The maximum absolute atomic E-state index is 13.1. The smallest absolute Gasteiger partial charge is 0.295 e. The van der Waals surface area contributed by atoms with Gasteiger partial charge >= 0.3 is 0 Å². The van der Waals surface area contributed by atoms with E-state index < -0.39 is 22.7 Å². The number of ketones is 1. The molecular weight excluding hydrogens is 450 g/mol. The Labute approximate surface area is 200 Å². The Hall–Kier alpha value is -4.79. The number of nitro groups is 1. The van der Waals surface area contributed by atoms with Gasteiger partial charge in [0.1, 0.15) is 18.1 Å². The summed E-state index contributed by atoms with van der Waals surface area (Å²) < 4.78 is 5.45. The van der Waals surface area contributed by atoms with Crippen molar-refractivity contribution >= 4 is 23.1 Å². The molecule has 1 amide bonds. The molecular formula is C26H21N3O6. The molecule has 0 unspecified atom stereocenters. The summed E-state index contributed by atoms with van der Waals surface area (Å²) in [5.74, 6) is -1.55. The minimum Gasteiger partial charge on any atom is -0.507 e. The molecule has 0 saturated carbocycles. The van der Waals surface area contributed by atoms with Crippen LogP contribution in [0.4, 0.5) is 5.69 Å². The van der Waals surface area contributed by atoms with E-state index in [-0.39, 0.29) is 23.6 Å². The highest BCUT2D eigenvalue weighted by Gasteiger charge is 2.46. The van der Waals surface area contributed by atoms with Crippen molar-refractivity contribution in [1.82, 2.24) is 9.88 Å². The number of pyridine rings is 1. The second-order valence-electron chi connectivity index (χ2n) is 7.76. The minimum atomic E-state index is -1.04.